The van der Waals surface area contributed by atoms with Crippen molar-refractivity contribution in [2.24, 2.45) is 5.92 Å². The molecule has 0 amide bonds. The van der Waals surface area contributed by atoms with Crippen LogP contribution in [0.2, 0.25) is 0 Å². The molecule has 4 rings (SSSR count). The first kappa shape index (κ1) is 12.6. The minimum Gasteiger partial charge on any atom is -0.125 e. The van der Waals surface area contributed by atoms with Gasteiger partial charge in [-0.05, 0) is 42.7 Å². The van der Waals surface area contributed by atoms with E-state index in [-0.39, 0.29) is 5.16 Å². The van der Waals surface area contributed by atoms with Gasteiger partial charge in [0.1, 0.15) is 0 Å². The van der Waals surface area contributed by atoms with E-state index in [4.69, 9.17) is 0 Å². The van der Waals surface area contributed by atoms with Crippen molar-refractivity contribution in [3.05, 3.63) is 71.8 Å². The third kappa shape index (κ3) is 1.58. The second kappa shape index (κ2) is 4.43. The molecule has 0 saturated heterocycles. The Morgan fingerprint density at radius 2 is 1.40 bits per heavy atom. The zero-order valence-corrected chi connectivity index (χ0v) is 12.9. The van der Waals surface area contributed by atoms with Gasteiger partial charge in [-0.1, -0.05) is 60.7 Å². The summed E-state index contributed by atoms with van der Waals surface area (Å²) in [6, 6.07) is 22.4. The Morgan fingerprint density at radius 1 is 0.800 bits per heavy atom. The van der Waals surface area contributed by atoms with E-state index in [0.717, 1.165) is 5.92 Å². The highest BCUT2D eigenvalue weighted by Crippen LogP contribution is 2.68. The molecule has 0 radical (unpaired) electrons. The SMILES string of the molecule is PC1(c2ccccc2)CC2CCC1(c1ccccc1)C2. The maximum atomic E-state index is 3.26. The molecule has 20 heavy (non-hydrogen) atoms. The Balaban J connectivity index is 1.88. The van der Waals surface area contributed by atoms with Crippen molar-refractivity contribution >= 4 is 9.24 Å². The Bertz CT molecular complexity index is 604. The number of fused-ring (bicyclic) bond motifs is 2. The van der Waals surface area contributed by atoms with Crippen LogP contribution in [0.4, 0.5) is 0 Å². The van der Waals surface area contributed by atoms with Crippen molar-refractivity contribution in [3.63, 3.8) is 0 Å². The van der Waals surface area contributed by atoms with Crippen molar-refractivity contribution < 1.29 is 0 Å². The van der Waals surface area contributed by atoms with Gasteiger partial charge in [0, 0.05) is 10.6 Å². The lowest BCUT2D eigenvalue weighted by Gasteiger charge is -2.45. The molecule has 0 nitrogen and oxygen atoms in total. The molecule has 2 aromatic carbocycles. The van der Waals surface area contributed by atoms with E-state index in [1.807, 2.05) is 0 Å². The average molecular weight is 280 g/mol. The fourth-order valence-electron chi connectivity index (χ4n) is 4.78. The third-order valence-electron chi connectivity index (χ3n) is 5.70. The van der Waals surface area contributed by atoms with Crippen LogP contribution in [0.3, 0.4) is 0 Å². The van der Waals surface area contributed by atoms with E-state index < -0.39 is 0 Å². The van der Waals surface area contributed by atoms with Crippen molar-refractivity contribution in [3.8, 4) is 0 Å². The van der Waals surface area contributed by atoms with E-state index in [1.165, 1.54) is 31.2 Å². The molecule has 0 N–H and O–H groups in total. The zero-order chi connectivity index (χ0) is 13.6. The summed E-state index contributed by atoms with van der Waals surface area (Å²) in [4.78, 5) is 0. The zero-order valence-electron chi connectivity index (χ0n) is 11.8. The maximum absolute atomic E-state index is 3.26. The van der Waals surface area contributed by atoms with Crippen molar-refractivity contribution in [2.75, 3.05) is 0 Å². The van der Waals surface area contributed by atoms with Gasteiger partial charge in [0.15, 0.2) is 0 Å². The molecule has 102 valence electrons. The van der Waals surface area contributed by atoms with Gasteiger partial charge in [0.25, 0.3) is 0 Å². The fourth-order valence-corrected chi connectivity index (χ4v) is 5.74. The summed E-state index contributed by atoms with van der Waals surface area (Å²) in [5, 5.41) is 0.221. The summed E-state index contributed by atoms with van der Waals surface area (Å²) in [7, 11) is 3.26. The largest absolute Gasteiger partial charge is 0.125 e. The summed E-state index contributed by atoms with van der Waals surface area (Å²) >= 11 is 0. The second-order valence-electron chi connectivity index (χ2n) is 6.60. The van der Waals surface area contributed by atoms with E-state index in [9.17, 15) is 0 Å². The molecule has 4 atom stereocenters. The Hall–Kier alpha value is -1.13. The second-order valence-corrected chi connectivity index (χ2v) is 7.58. The van der Waals surface area contributed by atoms with E-state index >= 15 is 0 Å². The topological polar surface area (TPSA) is 0 Å². The van der Waals surface area contributed by atoms with Crippen LogP contribution >= 0.6 is 9.24 Å². The third-order valence-corrected chi connectivity index (χ3v) is 6.82. The quantitative estimate of drug-likeness (QED) is 0.686. The van der Waals surface area contributed by atoms with Crippen molar-refractivity contribution in [2.45, 2.75) is 36.3 Å². The normalized spacial score (nSPS) is 35.4. The molecule has 2 bridgehead atoms. The predicted molar refractivity (Wildman–Crippen MR) is 87.9 cm³/mol. The van der Waals surface area contributed by atoms with Crippen LogP contribution < -0.4 is 0 Å². The van der Waals surface area contributed by atoms with E-state index in [0.29, 0.717) is 5.41 Å². The minimum atomic E-state index is 0.221. The summed E-state index contributed by atoms with van der Waals surface area (Å²) in [5.74, 6) is 0.896. The molecular formula is C19H21P. The Morgan fingerprint density at radius 3 is 2.00 bits per heavy atom. The van der Waals surface area contributed by atoms with Gasteiger partial charge in [0.2, 0.25) is 0 Å². The first-order valence-corrected chi connectivity index (χ1v) is 8.22. The monoisotopic (exact) mass is 280 g/mol. The highest BCUT2D eigenvalue weighted by atomic mass is 31.0. The highest BCUT2D eigenvalue weighted by Gasteiger charge is 2.60. The summed E-state index contributed by atoms with van der Waals surface area (Å²) in [6.45, 7) is 0. The molecule has 2 aliphatic rings. The van der Waals surface area contributed by atoms with Crippen LogP contribution in [-0.2, 0) is 10.6 Å². The molecular weight excluding hydrogens is 259 g/mol. The van der Waals surface area contributed by atoms with Gasteiger partial charge >= 0.3 is 0 Å². The lowest BCUT2D eigenvalue weighted by molar-refractivity contribution is 0.323. The first-order chi connectivity index (χ1) is 9.75. The van der Waals surface area contributed by atoms with Crippen molar-refractivity contribution in [1.82, 2.24) is 0 Å². The van der Waals surface area contributed by atoms with Crippen LogP contribution in [0, 0.1) is 5.92 Å². The van der Waals surface area contributed by atoms with Gasteiger partial charge in [0.05, 0.1) is 0 Å². The number of benzene rings is 2. The van der Waals surface area contributed by atoms with Crippen LogP contribution in [0.1, 0.15) is 36.8 Å². The average Bonchev–Trinajstić information content (AvgIpc) is 3.06. The molecule has 4 unspecified atom stereocenters. The van der Waals surface area contributed by atoms with Gasteiger partial charge in [-0.3, -0.25) is 0 Å². The van der Waals surface area contributed by atoms with Crippen LogP contribution in [0.5, 0.6) is 0 Å². The molecule has 0 aliphatic heterocycles. The van der Waals surface area contributed by atoms with Gasteiger partial charge < -0.3 is 0 Å². The molecule has 2 aromatic rings. The Kier molecular flexibility index (Phi) is 2.79. The molecule has 1 heteroatoms. The Labute approximate surface area is 123 Å². The molecule has 0 spiro atoms. The molecule has 2 fully saturated rings. The van der Waals surface area contributed by atoms with Gasteiger partial charge in [-0.25, -0.2) is 0 Å². The van der Waals surface area contributed by atoms with Gasteiger partial charge in [-0.2, -0.15) is 0 Å². The summed E-state index contributed by atoms with van der Waals surface area (Å²) in [6.07, 6.45) is 5.41. The van der Waals surface area contributed by atoms with Crippen LogP contribution in [0.15, 0.2) is 60.7 Å². The molecule has 2 aliphatic carbocycles. The number of hydrogen-bond donors (Lipinski definition) is 0. The standard InChI is InChI=1S/C19H21P/c20-19(17-9-5-2-6-10-17)14-15-11-12-18(19,13-15)16-7-3-1-4-8-16/h1-10,15H,11-14,20H2. The molecule has 0 heterocycles. The lowest BCUT2D eigenvalue weighted by Crippen LogP contribution is -2.40. The number of rotatable bonds is 2. The van der Waals surface area contributed by atoms with Crippen molar-refractivity contribution in [1.29, 1.82) is 0 Å². The minimum absolute atomic E-state index is 0.221. The predicted octanol–water partition coefficient (Wildman–Crippen LogP) is 4.90. The van der Waals surface area contributed by atoms with Crippen LogP contribution in [-0.4, -0.2) is 0 Å². The lowest BCUT2D eigenvalue weighted by atomic mass is 9.66. The van der Waals surface area contributed by atoms with E-state index in [2.05, 4.69) is 69.9 Å². The van der Waals surface area contributed by atoms with Gasteiger partial charge in [-0.15, -0.1) is 9.24 Å². The van der Waals surface area contributed by atoms with E-state index in [1.54, 1.807) is 5.56 Å². The smallest absolute Gasteiger partial charge is 0.0196 e. The summed E-state index contributed by atoms with van der Waals surface area (Å²) in [5.41, 5.74) is 3.36. The molecule has 2 saturated carbocycles. The van der Waals surface area contributed by atoms with Crippen LogP contribution in [0.25, 0.3) is 0 Å². The highest BCUT2D eigenvalue weighted by molar-refractivity contribution is 7.18. The summed E-state index contributed by atoms with van der Waals surface area (Å²) < 4.78 is 0. The maximum Gasteiger partial charge on any atom is 0.0196 e. The fraction of sp³-hybridized carbons (Fsp3) is 0.368. The molecule has 0 aromatic heterocycles. The number of hydrogen-bond acceptors (Lipinski definition) is 0. The first-order valence-electron chi connectivity index (χ1n) is 7.65.